The molecular formula is C20H30IN3O4Si. The minimum atomic E-state index is -2.54. The van der Waals surface area contributed by atoms with E-state index < -0.39 is 8.32 Å². The molecule has 0 aliphatic carbocycles. The van der Waals surface area contributed by atoms with Gasteiger partial charge < -0.3 is 19.4 Å². The monoisotopic (exact) mass is 531 g/mol. The Labute approximate surface area is 186 Å². The Morgan fingerprint density at radius 3 is 2.79 bits per heavy atom. The molecule has 0 fully saturated rings. The van der Waals surface area contributed by atoms with Crippen LogP contribution in [0.15, 0.2) is 24.4 Å². The number of hydrogen-bond acceptors (Lipinski definition) is 6. The summed E-state index contributed by atoms with van der Waals surface area (Å²) in [5.74, 6) is 0.949. The van der Waals surface area contributed by atoms with E-state index in [1.54, 1.807) is 11.8 Å². The molecule has 0 spiro atoms. The number of methoxy groups -OCH3 is 1. The second-order valence-electron chi connectivity index (χ2n) is 8.28. The lowest BCUT2D eigenvalue weighted by Crippen LogP contribution is -2.48. The smallest absolute Gasteiger partial charge is 0.189 e. The van der Waals surface area contributed by atoms with Crippen molar-refractivity contribution in [2.45, 2.75) is 57.2 Å². The average molecular weight is 531 g/mol. The summed E-state index contributed by atoms with van der Waals surface area (Å²) >= 11 is 2.30. The van der Waals surface area contributed by atoms with Gasteiger partial charge in [0.15, 0.2) is 8.32 Å². The van der Waals surface area contributed by atoms with Crippen molar-refractivity contribution in [1.82, 2.24) is 15.0 Å². The van der Waals surface area contributed by atoms with E-state index in [1.165, 1.54) is 0 Å². The van der Waals surface area contributed by atoms with Crippen molar-refractivity contribution in [3.8, 4) is 5.75 Å². The van der Waals surface area contributed by atoms with Gasteiger partial charge >= 0.3 is 0 Å². The Kier molecular flexibility index (Phi) is 7.36. The van der Waals surface area contributed by atoms with Crippen LogP contribution in [-0.2, 0) is 17.7 Å². The Bertz CT molecular complexity index is 826. The molecule has 1 aromatic heterocycles. The van der Waals surface area contributed by atoms with Crippen LogP contribution in [0, 0.1) is 9.49 Å². The first-order chi connectivity index (χ1) is 13.7. The normalized spacial score (nSPS) is 22.8. The molecule has 1 unspecified atom stereocenters. The maximum absolute atomic E-state index is 11.1. The predicted molar refractivity (Wildman–Crippen MR) is 121 cm³/mol. The third-order valence-corrected chi connectivity index (χ3v) is 8.82. The SMILES string of the molecule is CO[C@@H]1c2cc(I)ccc2O[C@H](C(CCn2cc(CCO)nn2)[Si](C)(C)O)[C@H]1C. The maximum atomic E-state index is 11.1. The van der Waals surface area contributed by atoms with Crippen LogP contribution in [0.25, 0.3) is 0 Å². The summed E-state index contributed by atoms with van der Waals surface area (Å²) in [6.45, 7) is 6.78. The molecule has 7 nitrogen and oxygen atoms in total. The first-order valence-electron chi connectivity index (χ1n) is 9.95. The number of benzene rings is 1. The number of rotatable bonds is 8. The van der Waals surface area contributed by atoms with Gasteiger partial charge in [-0.1, -0.05) is 12.1 Å². The van der Waals surface area contributed by atoms with E-state index in [0.29, 0.717) is 13.0 Å². The minimum Gasteiger partial charge on any atom is -0.490 e. The Morgan fingerprint density at radius 2 is 2.14 bits per heavy atom. The molecule has 1 aliphatic rings. The van der Waals surface area contributed by atoms with Gasteiger partial charge in [0.1, 0.15) is 11.9 Å². The van der Waals surface area contributed by atoms with Gasteiger partial charge in [0, 0.05) is 53.5 Å². The Hall–Kier alpha value is -1.01. The summed E-state index contributed by atoms with van der Waals surface area (Å²) < 4.78 is 15.3. The van der Waals surface area contributed by atoms with Gasteiger partial charge in [-0.3, -0.25) is 4.68 Å². The Morgan fingerprint density at radius 1 is 1.38 bits per heavy atom. The second-order valence-corrected chi connectivity index (χ2v) is 13.6. The number of ether oxygens (including phenoxy) is 2. The number of nitrogens with zero attached hydrogens (tertiary/aromatic N) is 3. The first-order valence-corrected chi connectivity index (χ1v) is 14.1. The van der Waals surface area contributed by atoms with E-state index in [-0.39, 0.29) is 30.3 Å². The van der Waals surface area contributed by atoms with Crippen molar-refractivity contribution >= 4 is 30.9 Å². The van der Waals surface area contributed by atoms with Crippen LogP contribution in [0.1, 0.15) is 30.7 Å². The van der Waals surface area contributed by atoms with E-state index in [9.17, 15) is 4.80 Å². The molecule has 0 saturated heterocycles. The highest BCUT2D eigenvalue weighted by Crippen LogP contribution is 2.46. The van der Waals surface area contributed by atoms with Crippen molar-refractivity contribution in [3.05, 3.63) is 39.2 Å². The molecule has 0 bridgehead atoms. The zero-order valence-electron chi connectivity index (χ0n) is 17.4. The Balaban J connectivity index is 1.83. The number of fused-ring (bicyclic) bond motifs is 1. The van der Waals surface area contributed by atoms with E-state index in [2.05, 4.69) is 45.9 Å². The third kappa shape index (κ3) is 5.19. The molecule has 0 saturated carbocycles. The highest BCUT2D eigenvalue weighted by Gasteiger charge is 2.46. The maximum Gasteiger partial charge on any atom is 0.189 e. The molecule has 160 valence electrons. The van der Waals surface area contributed by atoms with E-state index in [4.69, 9.17) is 14.6 Å². The van der Waals surface area contributed by atoms with Crippen molar-refractivity contribution < 1.29 is 19.4 Å². The van der Waals surface area contributed by atoms with Crippen LogP contribution < -0.4 is 4.74 Å². The molecule has 3 rings (SSSR count). The summed E-state index contributed by atoms with van der Waals surface area (Å²) in [6.07, 6.45) is 2.89. The molecule has 2 aromatic rings. The average Bonchev–Trinajstić information content (AvgIpc) is 3.09. The molecule has 2 heterocycles. The van der Waals surface area contributed by atoms with Gasteiger partial charge in [-0.2, -0.15) is 0 Å². The van der Waals surface area contributed by atoms with Crippen molar-refractivity contribution in [2.75, 3.05) is 13.7 Å². The van der Waals surface area contributed by atoms with Gasteiger partial charge in [0.05, 0.1) is 11.8 Å². The summed E-state index contributed by atoms with van der Waals surface area (Å²) in [6, 6.07) is 6.16. The molecule has 1 aromatic carbocycles. The topological polar surface area (TPSA) is 89.6 Å². The summed E-state index contributed by atoms with van der Waals surface area (Å²) in [4.78, 5) is 11.1. The molecule has 1 aliphatic heterocycles. The number of aryl methyl sites for hydroxylation is 1. The second kappa shape index (κ2) is 9.42. The lowest BCUT2D eigenvalue weighted by molar-refractivity contribution is -0.0248. The summed E-state index contributed by atoms with van der Waals surface area (Å²) in [5.41, 5.74) is 1.85. The lowest BCUT2D eigenvalue weighted by Gasteiger charge is -2.43. The molecule has 0 radical (unpaired) electrons. The number of halogens is 1. The van der Waals surface area contributed by atoms with Crippen LogP contribution >= 0.6 is 22.6 Å². The van der Waals surface area contributed by atoms with Crippen LogP contribution in [0.3, 0.4) is 0 Å². The highest BCUT2D eigenvalue weighted by atomic mass is 127. The lowest BCUT2D eigenvalue weighted by atomic mass is 9.86. The van der Waals surface area contributed by atoms with Crippen LogP contribution in [0.5, 0.6) is 5.75 Å². The quantitative estimate of drug-likeness (QED) is 0.402. The van der Waals surface area contributed by atoms with Crippen LogP contribution in [0.2, 0.25) is 18.6 Å². The van der Waals surface area contributed by atoms with Gasteiger partial charge in [-0.15, -0.1) is 5.10 Å². The summed E-state index contributed by atoms with van der Waals surface area (Å²) in [7, 11) is -0.798. The zero-order valence-corrected chi connectivity index (χ0v) is 20.5. The number of hydrogen-bond donors (Lipinski definition) is 2. The fourth-order valence-electron chi connectivity index (χ4n) is 4.22. The molecular weight excluding hydrogens is 501 g/mol. The largest absolute Gasteiger partial charge is 0.490 e. The van der Waals surface area contributed by atoms with Gasteiger partial charge in [0.25, 0.3) is 0 Å². The first kappa shape index (κ1) is 22.7. The van der Waals surface area contributed by atoms with Crippen molar-refractivity contribution in [1.29, 1.82) is 0 Å². The van der Waals surface area contributed by atoms with Crippen molar-refractivity contribution in [2.24, 2.45) is 5.92 Å². The van der Waals surface area contributed by atoms with E-state index >= 15 is 0 Å². The number of aromatic nitrogens is 3. The highest BCUT2D eigenvalue weighted by molar-refractivity contribution is 14.1. The number of aliphatic hydroxyl groups is 1. The summed E-state index contributed by atoms with van der Waals surface area (Å²) in [5, 5.41) is 17.3. The molecule has 4 atom stereocenters. The van der Waals surface area contributed by atoms with Gasteiger partial charge in [-0.05, 0) is 60.3 Å². The molecule has 2 N–H and O–H groups in total. The van der Waals surface area contributed by atoms with Gasteiger partial charge in [-0.25, -0.2) is 0 Å². The minimum absolute atomic E-state index is 0.00747. The third-order valence-electron chi connectivity index (χ3n) is 5.72. The van der Waals surface area contributed by atoms with Crippen LogP contribution in [0.4, 0.5) is 0 Å². The van der Waals surface area contributed by atoms with E-state index in [1.807, 2.05) is 31.4 Å². The fourth-order valence-corrected chi connectivity index (χ4v) is 6.74. The van der Waals surface area contributed by atoms with E-state index in [0.717, 1.165) is 27.0 Å². The standard InChI is InChI=1S/C20H30IN3O4Si/c1-13-19(27-2)16-11-14(21)5-6-17(16)28-20(13)18(29(3,4)26)7-9-24-12-15(8-10-25)22-23-24/h5-6,11-13,18-20,25-26H,7-10H2,1-4H3/t13-,18?,19-,20-/m0/s1. The van der Waals surface area contributed by atoms with Crippen LogP contribution in [-0.4, -0.2) is 53.0 Å². The van der Waals surface area contributed by atoms with Gasteiger partial charge in [0.2, 0.25) is 0 Å². The predicted octanol–water partition coefficient (Wildman–Crippen LogP) is 3.16. The molecule has 9 heteroatoms. The van der Waals surface area contributed by atoms with Crippen molar-refractivity contribution in [3.63, 3.8) is 0 Å². The molecule has 0 amide bonds. The molecule has 29 heavy (non-hydrogen) atoms. The number of aliphatic hydroxyl groups excluding tert-OH is 1. The fraction of sp³-hybridized carbons (Fsp3) is 0.600. The zero-order chi connectivity index (χ0) is 21.2.